The Labute approximate surface area is 126 Å². The lowest BCUT2D eigenvalue weighted by molar-refractivity contribution is -0.144. The van der Waals surface area contributed by atoms with Crippen molar-refractivity contribution in [2.75, 3.05) is 13.7 Å². The number of carbonyl (C=O) groups excluding carboxylic acids is 1. The van der Waals surface area contributed by atoms with Gasteiger partial charge in [-0.2, -0.15) is 13.2 Å². The van der Waals surface area contributed by atoms with E-state index in [1.165, 1.54) is 7.11 Å². The van der Waals surface area contributed by atoms with Crippen LogP contribution in [0.5, 0.6) is 0 Å². The van der Waals surface area contributed by atoms with E-state index in [1.54, 1.807) is 31.2 Å². The first kappa shape index (κ1) is 17.8. The first-order valence-electron chi connectivity index (χ1n) is 6.31. The second-order valence-corrected chi connectivity index (χ2v) is 5.27. The van der Waals surface area contributed by atoms with E-state index in [0.717, 1.165) is 5.56 Å². The number of rotatable bonds is 6. The molecule has 1 N–H and O–H groups in total. The first-order chi connectivity index (χ1) is 9.66. The molecule has 1 amide bonds. The molecule has 1 aromatic carbocycles. The molecule has 0 aromatic heterocycles. The quantitative estimate of drug-likeness (QED) is 0.867. The van der Waals surface area contributed by atoms with Crippen molar-refractivity contribution in [1.29, 1.82) is 0 Å². The van der Waals surface area contributed by atoms with Crippen molar-refractivity contribution >= 4 is 17.5 Å². The van der Waals surface area contributed by atoms with Crippen LogP contribution in [0.25, 0.3) is 0 Å². The fourth-order valence-electron chi connectivity index (χ4n) is 1.72. The molecule has 0 radical (unpaired) electrons. The molecule has 0 bridgehead atoms. The van der Waals surface area contributed by atoms with Crippen molar-refractivity contribution in [2.45, 2.75) is 31.5 Å². The van der Waals surface area contributed by atoms with Gasteiger partial charge in [0.05, 0.1) is 13.0 Å². The van der Waals surface area contributed by atoms with E-state index in [2.05, 4.69) is 5.32 Å². The summed E-state index contributed by atoms with van der Waals surface area (Å²) in [5, 5.41) is 2.97. The summed E-state index contributed by atoms with van der Waals surface area (Å²) in [6, 6.07) is 6.90. The molecule has 0 heterocycles. The summed E-state index contributed by atoms with van der Waals surface area (Å²) in [6.07, 6.45) is -6.08. The van der Waals surface area contributed by atoms with Crippen LogP contribution in [0.15, 0.2) is 24.3 Å². The second kappa shape index (κ2) is 7.13. The van der Waals surface area contributed by atoms with Gasteiger partial charge in [-0.05, 0) is 24.6 Å². The van der Waals surface area contributed by atoms with Gasteiger partial charge in [-0.1, -0.05) is 23.7 Å². The van der Waals surface area contributed by atoms with Gasteiger partial charge in [0.15, 0.2) is 0 Å². The van der Waals surface area contributed by atoms with Crippen LogP contribution in [0, 0.1) is 0 Å². The van der Waals surface area contributed by atoms with E-state index >= 15 is 0 Å². The smallest absolute Gasteiger partial charge is 0.372 e. The van der Waals surface area contributed by atoms with Gasteiger partial charge in [0.25, 0.3) is 0 Å². The molecule has 0 aliphatic heterocycles. The number of methoxy groups -OCH3 is 1. The zero-order valence-corrected chi connectivity index (χ0v) is 12.5. The summed E-state index contributed by atoms with van der Waals surface area (Å²) in [5.74, 6) is -0.669. The minimum absolute atomic E-state index is 0.0561. The number of alkyl halides is 3. The van der Waals surface area contributed by atoms with Crippen LogP contribution < -0.4 is 5.32 Å². The Morgan fingerprint density at radius 3 is 2.57 bits per heavy atom. The SMILES string of the molecule is COC(C)(CNC(=O)CCC(F)(F)F)c1cccc(Cl)c1. The number of amides is 1. The molecule has 1 aromatic rings. The molecular formula is C14H17ClF3NO2. The molecule has 1 rings (SSSR count). The Morgan fingerprint density at radius 2 is 2.05 bits per heavy atom. The Morgan fingerprint density at radius 1 is 1.38 bits per heavy atom. The standard InChI is InChI=1S/C14H17ClF3NO2/c1-13(21-2,10-4-3-5-11(15)8-10)9-19-12(20)6-7-14(16,17)18/h3-5,8H,6-7,9H2,1-2H3,(H,19,20). The largest absolute Gasteiger partial charge is 0.389 e. The summed E-state index contributed by atoms with van der Waals surface area (Å²) in [6.45, 7) is 1.78. The monoisotopic (exact) mass is 323 g/mol. The third-order valence-electron chi connectivity index (χ3n) is 3.14. The summed E-state index contributed by atoms with van der Waals surface area (Å²) in [7, 11) is 1.46. The number of hydrogen-bond donors (Lipinski definition) is 1. The maximum atomic E-state index is 12.0. The fraction of sp³-hybridized carbons (Fsp3) is 0.500. The van der Waals surface area contributed by atoms with Gasteiger partial charge < -0.3 is 10.1 Å². The van der Waals surface area contributed by atoms with Crippen LogP contribution in [0.4, 0.5) is 13.2 Å². The molecule has 0 saturated carbocycles. The van der Waals surface area contributed by atoms with Gasteiger partial charge in [0.2, 0.25) is 5.91 Å². The van der Waals surface area contributed by atoms with Crippen LogP contribution in [0.1, 0.15) is 25.3 Å². The minimum Gasteiger partial charge on any atom is -0.372 e. The normalized spacial score (nSPS) is 14.6. The van der Waals surface area contributed by atoms with Gasteiger partial charge in [0.1, 0.15) is 5.60 Å². The van der Waals surface area contributed by atoms with Gasteiger partial charge in [-0.25, -0.2) is 0 Å². The Hall–Kier alpha value is -1.27. The summed E-state index contributed by atoms with van der Waals surface area (Å²) < 4.78 is 41.5. The highest BCUT2D eigenvalue weighted by Gasteiger charge is 2.30. The Kier molecular flexibility index (Phi) is 6.04. The van der Waals surface area contributed by atoms with Crippen molar-refractivity contribution in [3.63, 3.8) is 0 Å². The average Bonchev–Trinajstić information content (AvgIpc) is 2.41. The molecule has 0 fully saturated rings. The number of hydrogen-bond acceptors (Lipinski definition) is 2. The predicted octanol–water partition coefficient (Wildman–Crippen LogP) is 3.66. The summed E-state index contributed by atoms with van der Waals surface area (Å²) in [4.78, 5) is 11.5. The van der Waals surface area contributed by atoms with E-state index in [1.807, 2.05) is 0 Å². The van der Waals surface area contributed by atoms with Crippen LogP contribution in [0.2, 0.25) is 5.02 Å². The molecule has 21 heavy (non-hydrogen) atoms. The molecule has 1 unspecified atom stereocenters. The molecule has 7 heteroatoms. The number of nitrogens with one attached hydrogen (secondary N) is 1. The molecule has 0 aliphatic carbocycles. The molecule has 0 aliphatic rings. The van der Waals surface area contributed by atoms with Gasteiger partial charge in [-0.15, -0.1) is 0 Å². The minimum atomic E-state index is -4.34. The number of carbonyl (C=O) groups is 1. The highest BCUT2D eigenvalue weighted by atomic mass is 35.5. The molecule has 0 saturated heterocycles. The lowest BCUT2D eigenvalue weighted by Crippen LogP contribution is -2.40. The zero-order valence-electron chi connectivity index (χ0n) is 11.8. The van der Waals surface area contributed by atoms with Gasteiger partial charge in [-0.3, -0.25) is 4.79 Å². The van der Waals surface area contributed by atoms with Crippen molar-refractivity contribution < 1.29 is 22.7 Å². The maximum Gasteiger partial charge on any atom is 0.389 e. The van der Waals surface area contributed by atoms with Crippen LogP contribution >= 0.6 is 11.6 Å². The van der Waals surface area contributed by atoms with Gasteiger partial charge >= 0.3 is 6.18 Å². The lowest BCUT2D eigenvalue weighted by Gasteiger charge is -2.29. The molecular weight excluding hydrogens is 307 g/mol. The molecule has 1 atom stereocenters. The summed E-state index contributed by atoms with van der Waals surface area (Å²) in [5.41, 5.74) is -0.132. The third kappa shape index (κ3) is 5.93. The molecule has 0 spiro atoms. The fourth-order valence-corrected chi connectivity index (χ4v) is 1.91. The van der Waals surface area contributed by atoms with E-state index in [9.17, 15) is 18.0 Å². The average molecular weight is 324 g/mol. The van der Waals surface area contributed by atoms with E-state index in [-0.39, 0.29) is 6.54 Å². The zero-order chi connectivity index (χ0) is 16.1. The predicted molar refractivity (Wildman–Crippen MR) is 74.1 cm³/mol. The third-order valence-corrected chi connectivity index (χ3v) is 3.38. The van der Waals surface area contributed by atoms with Crippen molar-refractivity contribution in [1.82, 2.24) is 5.32 Å². The van der Waals surface area contributed by atoms with Crippen LogP contribution in [0.3, 0.4) is 0 Å². The maximum absolute atomic E-state index is 12.0. The Bertz CT molecular complexity index is 493. The highest BCUT2D eigenvalue weighted by molar-refractivity contribution is 6.30. The summed E-state index contributed by atoms with van der Waals surface area (Å²) >= 11 is 5.90. The second-order valence-electron chi connectivity index (χ2n) is 4.84. The van der Waals surface area contributed by atoms with Crippen molar-refractivity contribution in [2.24, 2.45) is 0 Å². The first-order valence-corrected chi connectivity index (χ1v) is 6.69. The molecule has 3 nitrogen and oxygen atoms in total. The number of ether oxygens (including phenoxy) is 1. The molecule has 118 valence electrons. The lowest BCUT2D eigenvalue weighted by atomic mass is 9.95. The Balaban J connectivity index is 2.63. The van der Waals surface area contributed by atoms with Gasteiger partial charge in [0, 0.05) is 18.6 Å². The number of benzene rings is 1. The number of halogens is 4. The highest BCUT2D eigenvalue weighted by Crippen LogP contribution is 2.26. The van der Waals surface area contributed by atoms with E-state index < -0.39 is 30.5 Å². The van der Waals surface area contributed by atoms with Crippen molar-refractivity contribution in [3.05, 3.63) is 34.9 Å². The van der Waals surface area contributed by atoms with E-state index in [0.29, 0.717) is 5.02 Å². The topological polar surface area (TPSA) is 38.3 Å². The van der Waals surface area contributed by atoms with Crippen LogP contribution in [-0.4, -0.2) is 25.7 Å². The van der Waals surface area contributed by atoms with Crippen LogP contribution in [-0.2, 0) is 15.1 Å². The van der Waals surface area contributed by atoms with Crippen molar-refractivity contribution in [3.8, 4) is 0 Å². The van der Waals surface area contributed by atoms with E-state index in [4.69, 9.17) is 16.3 Å².